The van der Waals surface area contributed by atoms with E-state index in [1.54, 1.807) is 4.90 Å². The Morgan fingerprint density at radius 2 is 1.90 bits per heavy atom. The molecular weight excluding hydrogens is 372 g/mol. The normalized spacial score (nSPS) is 16.5. The van der Waals surface area contributed by atoms with Gasteiger partial charge in [0.25, 0.3) is 5.91 Å². The number of aryl methyl sites for hydroxylation is 1. The number of piperidine rings is 1. The zero-order valence-corrected chi connectivity index (χ0v) is 16.5. The molecule has 1 fully saturated rings. The van der Waals surface area contributed by atoms with E-state index in [0.29, 0.717) is 31.5 Å². The van der Waals surface area contributed by atoms with Gasteiger partial charge in [-0.1, -0.05) is 18.2 Å². The molecule has 0 unspecified atom stereocenters. The lowest BCUT2D eigenvalue weighted by Gasteiger charge is -2.30. The number of likely N-dealkylation sites (tertiary alicyclic amines) is 1. The molecule has 4 rings (SSSR count). The molecule has 1 aromatic carbocycles. The van der Waals surface area contributed by atoms with Crippen LogP contribution in [0.2, 0.25) is 0 Å². The first kappa shape index (κ1) is 19.4. The molecule has 2 aliphatic rings. The third-order valence-corrected chi connectivity index (χ3v) is 5.83. The smallest absolute Gasteiger partial charge is 0.339 e. The van der Waals surface area contributed by atoms with E-state index in [9.17, 15) is 14.4 Å². The summed E-state index contributed by atoms with van der Waals surface area (Å²) in [6, 6.07) is 7.53. The van der Waals surface area contributed by atoms with Gasteiger partial charge in [0, 0.05) is 24.2 Å². The zero-order valence-electron chi connectivity index (χ0n) is 16.5. The second-order valence-electron chi connectivity index (χ2n) is 7.54. The van der Waals surface area contributed by atoms with E-state index >= 15 is 0 Å². The Hall–Kier alpha value is -2.96. The summed E-state index contributed by atoms with van der Waals surface area (Å²) in [5.41, 5.74) is 3.21. The van der Waals surface area contributed by atoms with Crippen LogP contribution in [0.5, 0.6) is 0 Å². The molecule has 0 spiro atoms. The minimum absolute atomic E-state index is 0.169. The van der Waals surface area contributed by atoms with Crippen molar-refractivity contribution in [2.45, 2.75) is 32.1 Å². The predicted molar refractivity (Wildman–Crippen MR) is 105 cm³/mol. The van der Waals surface area contributed by atoms with Crippen LogP contribution in [0, 0.1) is 5.92 Å². The van der Waals surface area contributed by atoms with Crippen molar-refractivity contribution in [1.82, 2.24) is 9.88 Å². The number of nitrogens with zero attached hydrogens (tertiary/aromatic N) is 2. The molecule has 7 heteroatoms. The number of hydrogen-bond acceptors (Lipinski definition) is 6. The Balaban J connectivity index is 1.43. The average Bonchev–Trinajstić information content (AvgIpc) is 3.23. The number of methoxy groups -OCH3 is 1. The highest BCUT2D eigenvalue weighted by Crippen LogP contribution is 2.30. The van der Waals surface area contributed by atoms with Gasteiger partial charge >= 0.3 is 11.9 Å². The van der Waals surface area contributed by atoms with Gasteiger partial charge in [-0.15, -0.1) is 0 Å². The van der Waals surface area contributed by atoms with Crippen LogP contribution < -0.4 is 0 Å². The molecule has 0 atom stereocenters. The van der Waals surface area contributed by atoms with Crippen LogP contribution in [0.25, 0.3) is 10.9 Å². The van der Waals surface area contributed by atoms with Crippen molar-refractivity contribution < 1.29 is 23.9 Å². The molecule has 29 heavy (non-hydrogen) atoms. The molecule has 1 aromatic heterocycles. The lowest BCUT2D eigenvalue weighted by atomic mass is 9.97. The third kappa shape index (κ3) is 3.81. The largest absolute Gasteiger partial charge is 0.469 e. The Kier molecular flexibility index (Phi) is 5.47. The van der Waals surface area contributed by atoms with Crippen LogP contribution in [0.4, 0.5) is 0 Å². The number of rotatable bonds is 4. The number of aromatic nitrogens is 1. The summed E-state index contributed by atoms with van der Waals surface area (Å²) < 4.78 is 10.2. The number of ether oxygens (including phenoxy) is 2. The number of carbonyl (C=O) groups excluding carboxylic acids is 3. The monoisotopic (exact) mass is 396 g/mol. The van der Waals surface area contributed by atoms with Crippen molar-refractivity contribution in [2.24, 2.45) is 5.92 Å². The van der Waals surface area contributed by atoms with Gasteiger partial charge in [0.1, 0.15) is 0 Å². The van der Waals surface area contributed by atoms with Crippen molar-refractivity contribution in [3.8, 4) is 0 Å². The maximum atomic E-state index is 12.9. The molecule has 1 saturated heterocycles. The fourth-order valence-electron chi connectivity index (χ4n) is 4.27. The lowest BCUT2D eigenvalue weighted by molar-refractivity contribution is -0.149. The van der Waals surface area contributed by atoms with Crippen LogP contribution in [-0.2, 0) is 31.9 Å². The van der Waals surface area contributed by atoms with E-state index in [0.717, 1.165) is 41.4 Å². The minimum atomic E-state index is -0.473. The number of esters is 2. The summed E-state index contributed by atoms with van der Waals surface area (Å²) in [6.07, 6.45) is 3.75. The molecule has 7 nitrogen and oxygen atoms in total. The standard InChI is InChI=1S/C22H24N2O5/c1-28-21(26)14-9-11-24(12-10-14)19(25)13-29-22(27)20-15-5-2-3-7-17(15)23-18-8-4-6-16(18)20/h2-3,5,7,14H,4,6,8-13H2,1H3. The molecule has 2 aromatic rings. The SMILES string of the molecule is COC(=O)C1CCN(C(=O)COC(=O)c2c3c(nc4ccccc24)CCC3)CC1. The van der Waals surface area contributed by atoms with Gasteiger partial charge in [0.2, 0.25) is 0 Å². The molecule has 1 aliphatic carbocycles. The minimum Gasteiger partial charge on any atom is -0.469 e. The fourth-order valence-corrected chi connectivity index (χ4v) is 4.27. The summed E-state index contributed by atoms with van der Waals surface area (Å²) in [6.45, 7) is 0.626. The van der Waals surface area contributed by atoms with Gasteiger partial charge in [0.15, 0.2) is 6.61 Å². The number of para-hydroxylation sites is 1. The Bertz CT molecular complexity index is 963. The molecule has 0 bridgehead atoms. The Morgan fingerprint density at radius 1 is 1.14 bits per heavy atom. The predicted octanol–water partition coefficient (Wildman–Crippen LogP) is 2.29. The highest BCUT2D eigenvalue weighted by Gasteiger charge is 2.29. The molecule has 0 N–H and O–H groups in total. The quantitative estimate of drug-likeness (QED) is 0.737. The van der Waals surface area contributed by atoms with Crippen LogP contribution in [0.3, 0.4) is 0 Å². The van der Waals surface area contributed by atoms with Crippen molar-refractivity contribution in [3.05, 3.63) is 41.1 Å². The number of benzene rings is 1. The molecule has 0 saturated carbocycles. The first-order valence-corrected chi connectivity index (χ1v) is 10.0. The van der Waals surface area contributed by atoms with Gasteiger partial charge in [0.05, 0.1) is 24.1 Å². The van der Waals surface area contributed by atoms with E-state index in [-0.39, 0.29) is 24.4 Å². The van der Waals surface area contributed by atoms with Crippen molar-refractivity contribution in [1.29, 1.82) is 0 Å². The fraction of sp³-hybridized carbons (Fsp3) is 0.455. The van der Waals surface area contributed by atoms with Crippen molar-refractivity contribution >= 4 is 28.7 Å². The van der Waals surface area contributed by atoms with Crippen molar-refractivity contribution in [2.75, 3.05) is 26.8 Å². The summed E-state index contributed by atoms with van der Waals surface area (Å²) in [7, 11) is 1.37. The van der Waals surface area contributed by atoms with E-state index in [2.05, 4.69) is 4.98 Å². The number of carbonyl (C=O) groups is 3. The van der Waals surface area contributed by atoms with Gasteiger partial charge < -0.3 is 14.4 Å². The summed E-state index contributed by atoms with van der Waals surface area (Å²) in [5, 5.41) is 0.768. The highest BCUT2D eigenvalue weighted by molar-refractivity contribution is 6.05. The van der Waals surface area contributed by atoms with Crippen LogP contribution in [-0.4, -0.2) is 54.5 Å². The van der Waals surface area contributed by atoms with E-state index in [1.807, 2.05) is 24.3 Å². The van der Waals surface area contributed by atoms with Gasteiger partial charge in [-0.25, -0.2) is 4.79 Å². The van der Waals surface area contributed by atoms with Crippen LogP contribution in [0.15, 0.2) is 24.3 Å². The van der Waals surface area contributed by atoms with Crippen LogP contribution >= 0.6 is 0 Å². The first-order chi connectivity index (χ1) is 14.1. The zero-order chi connectivity index (χ0) is 20.4. The third-order valence-electron chi connectivity index (χ3n) is 5.83. The van der Waals surface area contributed by atoms with Crippen LogP contribution in [0.1, 0.15) is 40.9 Å². The molecule has 1 amide bonds. The van der Waals surface area contributed by atoms with Gasteiger partial charge in [-0.05, 0) is 43.7 Å². The topological polar surface area (TPSA) is 85.8 Å². The number of amides is 1. The van der Waals surface area contributed by atoms with Gasteiger partial charge in [-0.3, -0.25) is 14.6 Å². The first-order valence-electron chi connectivity index (χ1n) is 10.0. The number of hydrogen-bond donors (Lipinski definition) is 0. The highest BCUT2D eigenvalue weighted by atomic mass is 16.5. The Labute approximate surface area is 169 Å². The second kappa shape index (κ2) is 8.19. The van der Waals surface area contributed by atoms with E-state index in [4.69, 9.17) is 9.47 Å². The molecular formula is C22H24N2O5. The number of pyridine rings is 1. The molecule has 0 radical (unpaired) electrons. The summed E-state index contributed by atoms with van der Waals surface area (Å²) in [5.74, 6) is -1.12. The molecule has 1 aliphatic heterocycles. The maximum absolute atomic E-state index is 12.9. The van der Waals surface area contributed by atoms with E-state index in [1.165, 1.54) is 7.11 Å². The van der Waals surface area contributed by atoms with Crippen molar-refractivity contribution in [3.63, 3.8) is 0 Å². The summed E-state index contributed by atoms with van der Waals surface area (Å²) >= 11 is 0. The summed E-state index contributed by atoms with van der Waals surface area (Å²) in [4.78, 5) is 43.3. The molecule has 152 valence electrons. The van der Waals surface area contributed by atoms with Gasteiger partial charge in [-0.2, -0.15) is 0 Å². The second-order valence-corrected chi connectivity index (χ2v) is 7.54. The average molecular weight is 396 g/mol. The maximum Gasteiger partial charge on any atom is 0.339 e. The lowest BCUT2D eigenvalue weighted by Crippen LogP contribution is -2.42. The number of fused-ring (bicyclic) bond motifs is 2. The van der Waals surface area contributed by atoms with E-state index < -0.39 is 5.97 Å². The Morgan fingerprint density at radius 3 is 2.66 bits per heavy atom. The molecule has 2 heterocycles.